The molecule has 102 valence electrons. The van der Waals surface area contributed by atoms with Gasteiger partial charge in [-0.15, -0.1) is 0 Å². The number of nitrogens with one attached hydrogen (secondary N) is 1. The van der Waals surface area contributed by atoms with Gasteiger partial charge in [0.2, 0.25) is 0 Å². The summed E-state index contributed by atoms with van der Waals surface area (Å²) >= 11 is 0. The van der Waals surface area contributed by atoms with Crippen LogP contribution in [0.4, 0.5) is 5.69 Å². The molecule has 1 aromatic heterocycles. The smallest absolute Gasteiger partial charge is 0.337 e. The van der Waals surface area contributed by atoms with Crippen LogP contribution in [-0.4, -0.2) is 22.0 Å². The standard InChI is InChI=1S/C15H14N2O3/c1-9-3-4-11(10(2)7-9)14(18)17-13-8-16-6-5-12(13)15(19)20/h3-8H,1-2H3,(H,17,18)(H,19,20). The Morgan fingerprint density at radius 1 is 1.15 bits per heavy atom. The SMILES string of the molecule is Cc1ccc(C(=O)Nc2cnccc2C(=O)O)c(C)c1. The van der Waals surface area contributed by atoms with Crippen molar-refractivity contribution in [3.63, 3.8) is 0 Å². The number of rotatable bonds is 3. The quantitative estimate of drug-likeness (QED) is 0.898. The molecule has 1 aromatic carbocycles. The summed E-state index contributed by atoms with van der Waals surface area (Å²) in [6, 6.07) is 6.80. The average Bonchev–Trinajstić information content (AvgIpc) is 2.38. The van der Waals surface area contributed by atoms with Crippen LogP contribution in [0.15, 0.2) is 36.7 Å². The fourth-order valence-corrected chi connectivity index (χ4v) is 1.94. The highest BCUT2D eigenvalue weighted by molar-refractivity contribution is 6.08. The van der Waals surface area contributed by atoms with Gasteiger partial charge in [-0.3, -0.25) is 9.78 Å². The molecule has 0 saturated carbocycles. The van der Waals surface area contributed by atoms with E-state index in [0.717, 1.165) is 11.1 Å². The predicted molar refractivity (Wildman–Crippen MR) is 75.1 cm³/mol. The zero-order chi connectivity index (χ0) is 14.7. The first kappa shape index (κ1) is 13.7. The van der Waals surface area contributed by atoms with Crippen molar-refractivity contribution in [1.29, 1.82) is 0 Å². The maximum atomic E-state index is 12.2. The first-order valence-corrected chi connectivity index (χ1v) is 6.05. The minimum Gasteiger partial charge on any atom is -0.478 e. The molecule has 5 nitrogen and oxygen atoms in total. The Balaban J connectivity index is 2.30. The predicted octanol–water partition coefficient (Wildman–Crippen LogP) is 2.65. The van der Waals surface area contributed by atoms with Gasteiger partial charge in [-0.1, -0.05) is 17.7 Å². The number of aromatic nitrogens is 1. The number of carbonyl (C=O) groups is 2. The van der Waals surface area contributed by atoms with Crippen molar-refractivity contribution in [1.82, 2.24) is 4.98 Å². The molecule has 0 fully saturated rings. The molecule has 2 N–H and O–H groups in total. The van der Waals surface area contributed by atoms with E-state index in [1.807, 2.05) is 26.0 Å². The number of aromatic carboxylic acids is 1. The first-order chi connectivity index (χ1) is 9.49. The Labute approximate surface area is 116 Å². The second-order valence-corrected chi connectivity index (χ2v) is 4.50. The number of carbonyl (C=O) groups excluding carboxylic acids is 1. The lowest BCUT2D eigenvalue weighted by Crippen LogP contribution is -2.16. The van der Waals surface area contributed by atoms with E-state index in [4.69, 9.17) is 5.11 Å². The highest BCUT2D eigenvalue weighted by Gasteiger charge is 2.14. The Bertz CT molecular complexity index is 681. The highest BCUT2D eigenvalue weighted by Crippen LogP contribution is 2.17. The van der Waals surface area contributed by atoms with Crippen LogP contribution in [0.5, 0.6) is 0 Å². The maximum Gasteiger partial charge on any atom is 0.337 e. The molecule has 0 aliphatic rings. The number of pyridine rings is 1. The lowest BCUT2D eigenvalue weighted by atomic mass is 10.0. The van der Waals surface area contributed by atoms with Crippen molar-refractivity contribution < 1.29 is 14.7 Å². The third kappa shape index (κ3) is 2.83. The molecule has 2 rings (SSSR count). The van der Waals surface area contributed by atoms with Gasteiger partial charge in [-0.2, -0.15) is 0 Å². The van der Waals surface area contributed by atoms with Gasteiger partial charge in [0.1, 0.15) is 0 Å². The lowest BCUT2D eigenvalue weighted by molar-refractivity contribution is 0.0698. The van der Waals surface area contributed by atoms with Crippen molar-refractivity contribution in [2.45, 2.75) is 13.8 Å². The summed E-state index contributed by atoms with van der Waals surface area (Å²) < 4.78 is 0. The van der Waals surface area contributed by atoms with Crippen molar-refractivity contribution in [2.24, 2.45) is 0 Å². The molecule has 0 spiro atoms. The molecule has 1 heterocycles. The minimum absolute atomic E-state index is 0.0121. The van der Waals surface area contributed by atoms with E-state index in [9.17, 15) is 9.59 Å². The zero-order valence-corrected chi connectivity index (χ0v) is 11.2. The topological polar surface area (TPSA) is 79.3 Å². The molecule has 0 bridgehead atoms. The highest BCUT2D eigenvalue weighted by atomic mass is 16.4. The molecule has 0 aliphatic heterocycles. The summed E-state index contributed by atoms with van der Waals surface area (Å²) in [5.74, 6) is -1.46. The lowest BCUT2D eigenvalue weighted by Gasteiger charge is -2.10. The van der Waals surface area contributed by atoms with Gasteiger partial charge in [-0.05, 0) is 31.5 Å². The monoisotopic (exact) mass is 270 g/mol. The molecule has 2 aromatic rings. The van der Waals surface area contributed by atoms with E-state index < -0.39 is 5.97 Å². The largest absolute Gasteiger partial charge is 0.478 e. The summed E-state index contributed by atoms with van der Waals surface area (Å²) in [6.07, 6.45) is 2.70. The molecule has 0 atom stereocenters. The van der Waals surface area contributed by atoms with E-state index in [1.54, 1.807) is 6.07 Å². The van der Waals surface area contributed by atoms with Crippen molar-refractivity contribution >= 4 is 17.6 Å². The Morgan fingerprint density at radius 2 is 1.90 bits per heavy atom. The van der Waals surface area contributed by atoms with Crippen LogP contribution < -0.4 is 5.32 Å². The van der Waals surface area contributed by atoms with Gasteiger partial charge in [0, 0.05) is 11.8 Å². The number of nitrogens with zero attached hydrogens (tertiary/aromatic N) is 1. The second kappa shape index (κ2) is 5.52. The molecule has 5 heteroatoms. The van der Waals surface area contributed by atoms with E-state index >= 15 is 0 Å². The van der Waals surface area contributed by atoms with E-state index in [-0.39, 0.29) is 17.2 Å². The van der Waals surface area contributed by atoms with Gasteiger partial charge in [0.05, 0.1) is 17.4 Å². The molecular formula is C15H14N2O3. The van der Waals surface area contributed by atoms with Crippen LogP contribution in [0.3, 0.4) is 0 Å². The average molecular weight is 270 g/mol. The van der Waals surface area contributed by atoms with Gasteiger partial charge < -0.3 is 10.4 Å². The number of benzene rings is 1. The maximum absolute atomic E-state index is 12.2. The number of hydrogen-bond donors (Lipinski definition) is 2. The summed E-state index contributed by atoms with van der Waals surface area (Å²) in [6.45, 7) is 3.78. The van der Waals surface area contributed by atoms with Gasteiger partial charge >= 0.3 is 5.97 Å². The second-order valence-electron chi connectivity index (χ2n) is 4.50. The fourth-order valence-electron chi connectivity index (χ4n) is 1.94. The number of anilines is 1. The van der Waals surface area contributed by atoms with Crippen LogP contribution in [0.1, 0.15) is 31.8 Å². The fraction of sp³-hybridized carbons (Fsp3) is 0.133. The van der Waals surface area contributed by atoms with Crippen LogP contribution in [0.25, 0.3) is 0 Å². The third-order valence-electron chi connectivity index (χ3n) is 2.93. The van der Waals surface area contributed by atoms with Gasteiger partial charge in [-0.25, -0.2) is 4.79 Å². The molecule has 20 heavy (non-hydrogen) atoms. The molecular weight excluding hydrogens is 256 g/mol. The minimum atomic E-state index is -1.11. The molecule has 0 radical (unpaired) electrons. The number of carboxylic acids is 1. The van der Waals surface area contributed by atoms with E-state index in [0.29, 0.717) is 5.56 Å². The molecule has 0 aliphatic carbocycles. The van der Waals surface area contributed by atoms with Crippen molar-refractivity contribution in [3.05, 3.63) is 58.9 Å². The van der Waals surface area contributed by atoms with Gasteiger partial charge in [0.15, 0.2) is 0 Å². The number of carboxylic acid groups (broad SMARTS) is 1. The number of aryl methyl sites for hydroxylation is 2. The summed E-state index contributed by atoms with van der Waals surface area (Å²) in [5.41, 5.74) is 2.61. The van der Waals surface area contributed by atoms with Crippen LogP contribution in [-0.2, 0) is 0 Å². The van der Waals surface area contributed by atoms with E-state index in [2.05, 4.69) is 10.3 Å². The molecule has 0 saturated heterocycles. The normalized spacial score (nSPS) is 10.1. The molecule has 1 amide bonds. The Morgan fingerprint density at radius 3 is 2.55 bits per heavy atom. The Kier molecular flexibility index (Phi) is 3.79. The van der Waals surface area contributed by atoms with Crippen molar-refractivity contribution in [2.75, 3.05) is 5.32 Å². The third-order valence-corrected chi connectivity index (χ3v) is 2.93. The molecule has 0 unspecified atom stereocenters. The summed E-state index contributed by atoms with van der Waals surface area (Å²) in [7, 11) is 0. The summed E-state index contributed by atoms with van der Waals surface area (Å²) in [5, 5.41) is 11.6. The summed E-state index contributed by atoms with van der Waals surface area (Å²) in [4.78, 5) is 27.1. The first-order valence-electron chi connectivity index (χ1n) is 6.05. The Hall–Kier alpha value is -2.69. The zero-order valence-electron chi connectivity index (χ0n) is 11.2. The van der Waals surface area contributed by atoms with Gasteiger partial charge in [0.25, 0.3) is 5.91 Å². The van der Waals surface area contributed by atoms with Crippen molar-refractivity contribution in [3.8, 4) is 0 Å². The van der Waals surface area contributed by atoms with Crippen LogP contribution in [0, 0.1) is 13.8 Å². The van der Waals surface area contributed by atoms with Crippen LogP contribution in [0.2, 0.25) is 0 Å². The number of amides is 1. The van der Waals surface area contributed by atoms with Crippen LogP contribution >= 0.6 is 0 Å². The van der Waals surface area contributed by atoms with E-state index in [1.165, 1.54) is 18.5 Å². The number of hydrogen-bond acceptors (Lipinski definition) is 3.